The van der Waals surface area contributed by atoms with E-state index in [0.29, 0.717) is 12.2 Å². The van der Waals surface area contributed by atoms with Gasteiger partial charge in [-0.2, -0.15) is 17.0 Å². The Morgan fingerprint density at radius 2 is 2.06 bits per heavy atom. The molecule has 0 saturated carbocycles. The summed E-state index contributed by atoms with van der Waals surface area (Å²) in [5, 5.41) is 9.17. The molecule has 0 aliphatic rings. The highest BCUT2D eigenvalue weighted by molar-refractivity contribution is 7.99. The third-order valence-electron chi connectivity index (χ3n) is 2.37. The van der Waals surface area contributed by atoms with Crippen LogP contribution in [0.2, 0.25) is 0 Å². The molecule has 0 bridgehead atoms. The van der Waals surface area contributed by atoms with Gasteiger partial charge in [0, 0.05) is 0 Å². The third-order valence-corrected chi connectivity index (χ3v) is 3.35. The molecule has 0 radical (unpaired) electrons. The van der Waals surface area contributed by atoms with Crippen LogP contribution < -0.4 is 11.5 Å². The first-order valence-electron chi connectivity index (χ1n) is 5.20. The van der Waals surface area contributed by atoms with E-state index in [1.807, 2.05) is 30.3 Å². The van der Waals surface area contributed by atoms with Crippen molar-refractivity contribution in [2.75, 3.05) is 11.5 Å². The highest BCUT2D eigenvalue weighted by Gasteiger charge is 2.26. The van der Waals surface area contributed by atoms with Crippen LogP contribution in [0.1, 0.15) is 12.0 Å². The average molecular weight is 249 g/mol. The van der Waals surface area contributed by atoms with E-state index in [1.165, 1.54) is 11.8 Å². The van der Waals surface area contributed by atoms with Gasteiger partial charge >= 0.3 is 0 Å². The van der Waals surface area contributed by atoms with Gasteiger partial charge in [0.25, 0.3) is 0 Å². The number of rotatable bonds is 6. The summed E-state index contributed by atoms with van der Waals surface area (Å²) in [4.78, 5) is 10.6. The fourth-order valence-electron chi connectivity index (χ4n) is 1.41. The number of carbonyl (C=O) groups excluding carboxylic acids is 1. The van der Waals surface area contributed by atoms with Crippen LogP contribution in [0, 0.1) is 11.3 Å². The molecule has 1 aromatic carbocycles. The molecule has 0 saturated heterocycles. The second-order valence-electron chi connectivity index (χ2n) is 3.72. The zero-order valence-electron chi connectivity index (χ0n) is 9.43. The van der Waals surface area contributed by atoms with Crippen LogP contribution in [-0.2, 0) is 10.3 Å². The number of thioether (sulfide) groups is 1. The standard InChI is InChI=1S/C12H15N3OS/c13-9-12(15,6-7-17-8-11(14)16)10-4-2-1-3-5-10/h1-5H,6-8,15H2,(H2,14,16). The summed E-state index contributed by atoms with van der Waals surface area (Å²) in [6, 6.07) is 11.4. The van der Waals surface area contributed by atoms with E-state index in [2.05, 4.69) is 6.07 Å². The Morgan fingerprint density at radius 3 is 2.59 bits per heavy atom. The summed E-state index contributed by atoms with van der Waals surface area (Å²) in [5.74, 6) is 0.535. The molecule has 90 valence electrons. The minimum Gasteiger partial charge on any atom is -0.369 e. The van der Waals surface area contributed by atoms with Gasteiger partial charge in [0.2, 0.25) is 5.91 Å². The Kier molecular flexibility index (Phi) is 5.01. The number of primary amides is 1. The quantitative estimate of drug-likeness (QED) is 0.735. The van der Waals surface area contributed by atoms with Crippen molar-refractivity contribution in [3.05, 3.63) is 35.9 Å². The van der Waals surface area contributed by atoms with E-state index in [1.54, 1.807) is 0 Å². The molecule has 0 spiro atoms. The van der Waals surface area contributed by atoms with Crippen LogP contribution in [0.5, 0.6) is 0 Å². The van der Waals surface area contributed by atoms with E-state index < -0.39 is 5.54 Å². The van der Waals surface area contributed by atoms with E-state index in [0.717, 1.165) is 5.56 Å². The fraction of sp³-hybridized carbons (Fsp3) is 0.333. The number of amides is 1. The Labute approximate surface area is 105 Å². The van der Waals surface area contributed by atoms with Crippen molar-refractivity contribution in [1.29, 1.82) is 5.26 Å². The second kappa shape index (κ2) is 6.28. The Bertz CT molecular complexity index is 416. The predicted octanol–water partition coefficient (Wildman–Crippen LogP) is 0.973. The van der Waals surface area contributed by atoms with Crippen molar-refractivity contribution in [3.63, 3.8) is 0 Å². The van der Waals surface area contributed by atoms with Crippen molar-refractivity contribution in [1.82, 2.24) is 0 Å². The lowest BCUT2D eigenvalue weighted by Gasteiger charge is -2.21. The van der Waals surface area contributed by atoms with Crippen LogP contribution in [-0.4, -0.2) is 17.4 Å². The fourth-order valence-corrected chi connectivity index (χ4v) is 2.22. The molecule has 0 heterocycles. The normalized spacial score (nSPS) is 13.6. The molecular weight excluding hydrogens is 234 g/mol. The van der Waals surface area contributed by atoms with Crippen LogP contribution in [0.3, 0.4) is 0 Å². The molecule has 1 unspecified atom stereocenters. The molecule has 17 heavy (non-hydrogen) atoms. The number of nitrogens with zero attached hydrogens (tertiary/aromatic N) is 1. The molecule has 1 aromatic rings. The van der Waals surface area contributed by atoms with Gasteiger partial charge in [0.1, 0.15) is 5.54 Å². The monoisotopic (exact) mass is 249 g/mol. The zero-order valence-corrected chi connectivity index (χ0v) is 10.2. The number of nitriles is 1. The smallest absolute Gasteiger partial charge is 0.227 e. The highest BCUT2D eigenvalue weighted by atomic mass is 32.2. The largest absolute Gasteiger partial charge is 0.369 e. The molecule has 5 heteroatoms. The molecule has 0 aliphatic carbocycles. The maximum atomic E-state index is 10.6. The first-order chi connectivity index (χ1) is 8.08. The lowest BCUT2D eigenvalue weighted by molar-refractivity contribution is -0.115. The summed E-state index contributed by atoms with van der Waals surface area (Å²) in [6.45, 7) is 0. The number of carbonyl (C=O) groups is 1. The molecular formula is C12H15N3OS. The maximum Gasteiger partial charge on any atom is 0.227 e. The van der Waals surface area contributed by atoms with Crippen molar-refractivity contribution in [3.8, 4) is 6.07 Å². The van der Waals surface area contributed by atoms with Crippen LogP contribution in [0.4, 0.5) is 0 Å². The molecule has 0 aliphatic heterocycles. The van der Waals surface area contributed by atoms with Gasteiger partial charge in [-0.1, -0.05) is 30.3 Å². The summed E-state index contributed by atoms with van der Waals surface area (Å²) in [5.41, 5.74) is 10.9. The Hall–Kier alpha value is -1.51. The summed E-state index contributed by atoms with van der Waals surface area (Å²) in [6.07, 6.45) is 0.492. The first-order valence-corrected chi connectivity index (χ1v) is 6.35. The number of hydrogen-bond acceptors (Lipinski definition) is 4. The minimum atomic E-state index is -0.994. The SMILES string of the molecule is N#CC(N)(CCSCC(N)=O)c1ccccc1. The maximum absolute atomic E-state index is 10.6. The van der Waals surface area contributed by atoms with Gasteiger partial charge in [-0.05, 0) is 17.7 Å². The predicted molar refractivity (Wildman–Crippen MR) is 69.1 cm³/mol. The van der Waals surface area contributed by atoms with Gasteiger partial charge in [0.05, 0.1) is 11.8 Å². The topological polar surface area (TPSA) is 92.9 Å². The highest BCUT2D eigenvalue weighted by Crippen LogP contribution is 2.23. The summed E-state index contributed by atoms with van der Waals surface area (Å²) in [7, 11) is 0. The van der Waals surface area contributed by atoms with E-state index in [-0.39, 0.29) is 11.7 Å². The minimum absolute atomic E-state index is 0.260. The van der Waals surface area contributed by atoms with Crippen molar-refractivity contribution in [2.24, 2.45) is 11.5 Å². The first kappa shape index (κ1) is 13.6. The van der Waals surface area contributed by atoms with Crippen molar-refractivity contribution < 1.29 is 4.79 Å². The average Bonchev–Trinajstić information content (AvgIpc) is 2.35. The third kappa shape index (κ3) is 4.10. The zero-order chi connectivity index (χ0) is 12.7. The van der Waals surface area contributed by atoms with Gasteiger partial charge in [0.15, 0.2) is 0 Å². The van der Waals surface area contributed by atoms with Crippen molar-refractivity contribution >= 4 is 17.7 Å². The van der Waals surface area contributed by atoms with Gasteiger partial charge in [-0.15, -0.1) is 0 Å². The molecule has 1 atom stereocenters. The number of benzene rings is 1. The second-order valence-corrected chi connectivity index (χ2v) is 4.82. The molecule has 1 rings (SSSR count). The van der Waals surface area contributed by atoms with Crippen molar-refractivity contribution in [2.45, 2.75) is 12.0 Å². The van der Waals surface area contributed by atoms with Gasteiger partial charge < -0.3 is 11.5 Å². The van der Waals surface area contributed by atoms with E-state index in [4.69, 9.17) is 11.5 Å². The van der Waals surface area contributed by atoms with Gasteiger partial charge in [-0.25, -0.2) is 0 Å². The molecule has 0 aromatic heterocycles. The summed E-state index contributed by atoms with van der Waals surface area (Å²) >= 11 is 1.39. The van der Waals surface area contributed by atoms with E-state index in [9.17, 15) is 10.1 Å². The summed E-state index contributed by atoms with van der Waals surface area (Å²) < 4.78 is 0. The number of hydrogen-bond donors (Lipinski definition) is 2. The van der Waals surface area contributed by atoms with Crippen LogP contribution >= 0.6 is 11.8 Å². The molecule has 4 N–H and O–H groups in total. The Morgan fingerprint density at radius 1 is 1.41 bits per heavy atom. The van der Waals surface area contributed by atoms with Crippen LogP contribution in [0.15, 0.2) is 30.3 Å². The number of nitrogens with two attached hydrogens (primary N) is 2. The van der Waals surface area contributed by atoms with Gasteiger partial charge in [-0.3, -0.25) is 4.79 Å². The molecule has 1 amide bonds. The van der Waals surface area contributed by atoms with Crippen LogP contribution in [0.25, 0.3) is 0 Å². The lowest BCUT2D eigenvalue weighted by Crippen LogP contribution is -2.35. The van der Waals surface area contributed by atoms with E-state index >= 15 is 0 Å². The molecule has 4 nitrogen and oxygen atoms in total. The molecule has 0 fully saturated rings. The Balaban J connectivity index is 2.59. The lowest BCUT2D eigenvalue weighted by atomic mass is 9.90.